The Morgan fingerprint density at radius 1 is 1.33 bits per heavy atom. The summed E-state index contributed by atoms with van der Waals surface area (Å²) in [5.41, 5.74) is 0. The lowest BCUT2D eigenvalue weighted by Crippen LogP contribution is -2.19. The molecule has 1 aliphatic rings. The Hall–Kier alpha value is -0.160. The van der Waals surface area contributed by atoms with Crippen LogP contribution in [0.25, 0.3) is 0 Å². The highest BCUT2D eigenvalue weighted by Gasteiger charge is 2.15. The van der Waals surface area contributed by atoms with Crippen LogP contribution in [0.1, 0.15) is 6.92 Å². The van der Waals surface area contributed by atoms with Crippen molar-refractivity contribution in [1.29, 1.82) is 0 Å². The lowest BCUT2D eigenvalue weighted by molar-refractivity contribution is -0.0104. The molecular formula is C8H16O4. The Labute approximate surface area is 72.7 Å². The van der Waals surface area contributed by atoms with E-state index < -0.39 is 0 Å². The van der Waals surface area contributed by atoms with Crippen LogP contribution in [0.3, 0.4) is 0 Å². The topological polar surface area (TPSA) is 36.9 Å². The molecule has 0 saturated carbocycles. The summed E-state index contributed by atoms with van der Waals surface area (Å²) >= 11 is 0. The molecule has 0 spiro atoms. The van der Waals surface area contributed by atoms with Gasteiger partial charge in [-0.05, 0) is 6.92 Å². The molecule has 0 amide bonds. The summed E-state index contributed by atoms with van der Waals surface area (Å²) in [6.07, 6.45) is 0.117. The molecule has 1 atom stereocenters. The number of rotatable bonds is 6. The molecule has 4 nitrogen and oxygen atoms in total. The maximum atomic E-state index is 5.29. The van der Waals surface area contributed by atoms with Crippen LogP contribution < -0.4 is 0 Å². The first-order chi connectivity index (χ1) is 5.93. The van der Waals surface area contributed by atoms with Crippen LogP contribution in [0.15, 0.2) is 0 Å². The van der Waals surface area contributed by atoms with Gasteiger partial charge in [-0.15, -0.1) is 0 Å². The van der Waals surface area contributed by atoms with Gasteiger partial charge in [0.15, 0.2) is 0 Å². The van der Waals surface area contributed by atoms with Crippen LogP contribution in [0, 0.1) is 0 Å². The van der Waals surface area contributed by atoms with Crippen molar-refractivity contribution in [3.63, 3.8) is 0 Å². The molecule has 1 aliphatic heterocycles. The monoisotopic (exact) mass is 176 g/mol. The molecule has 0 aromatic rings. The zero-order valence-electron chi connectivity index (χ0n) is 7.45. The first kappa shape index (κ1) is 9.92. The summed E-state index contributed by atoms with van der Waals surface area (Å²) in [5, 5.41) is 0. The van der Waals surface area contributed by atoms with Gasteiger partial charge in [0.25, 0.3) is 0 Å². The van der Waals surface area contributed by atoms with E-state index in [2.05, 4.69) is 0 Å². The van der Waals surface area contributed by atoms with E-state index in [9.17, 15) is 0 Å². The van der Waals surface area contributed by atoms with Crippen molar-refractivity contribution in [2.75, 3.05) is 39.8 Å². The van der Waals surface area contributed by atoms with Gasteiger partial charge in [0.1, 0.15) is 12.9 Å². The summed E-state index contributed by atoms with van der Waals surface area (Å²) in [5.74, 6) is 0. The van der Waals surface area contributed by atoms with Crippen molar-refractivity contribution in [3.05, 3.63) is 0 Å². The fraction of sp³-hybridized carbons (Fsp3) is 1.00. The van der Waals surface area contributed by atoms with Crippen molar-refractivity contribution in [2.24, 2.45) is 0 Å². The fourth-order valence-electron chi connectivity index (χ4n) is 0.945. The SMILES string of the molecule is CCOCCOCC1COCO1. The van der Waals surface area contributed by atoms with Gasteiger partial charge < -0.3 is 18.9 Å². The van der Waals surface area contributed by atoms with Crippen molar-refractivity contribution in [1.82, 2.24) is 0 Å². The Morgan fingerprint density at radius 3 is 2.83 bits per heavy atom. The predicted molar refractivity (Wildman–Crippen MR) is 43.0 cm³/mol. The van der Waals surface area contributed by atoms with E-state index in [0.29, 0.717) is 33.2 Å². The van der Waals surface area contributed by atoms with Gasteiger partial charge in [-0.25, -0.2) is 0 Å². The van der Waals surface area contributed by atoms with E-state index >= 15 is 0 Å². The minimum atomic E-state index is 0.117. The maximum Gasteiger partial charge on any atom is 0.147 e. The van der Waals surface area contributed by atoms with Gasteiger partial charge in [-0.3, -0.25) is 0 Å². The first-order valence-corrected chi connectivity index (χ1v) is 4.28. The van der Waals surface area contributed by atoms with Crippen LogP contribution >= 0.6 is 0 Å². The van der Waals surface area contributed by atoms with Crippen LogP contribution in [0.5, 0.6) is 0 Å². The lowest BCUT2D eigenvalue weighted by Gasteiger charge is -2.07. The third kappa shape index (κ3) is 4.01. The first-order valence-electron chi connectivity index (χ1n) is 4.28. The van der Waals surface area contributed by atoms with Gasteiger partial charge in [0, 0.05) is 6.61 Å². The fourth-order valence-corrected chi connectivity index (χ4v) is 0.945. The summed E-state index contributed by atoms with van der Waals surface area (Å²) in [6, 6.07) is 0. The quantitative estimate of drug-likeness (QED) is 0.549. The van der Waals surface area contributed by atoms with Crippen molar-refractivity contribution >= 4 is 0 Å². The highest BCUT2D eigenvalue weighted by Crippen LogP contribution is 2.02. The van der Waals surface area contributed by atoms with Gasteiger partial charge >= 0.3 is 0 Å². The van der Waals surface area contributed by atoms with Crippen molar-refractivity contribution < 1.29 is 18.9 Å². The summed E-state index contributed by atoms with van der Waals surface area (Å²) in [7, 11) is 0. The van der Waals surface area contributed by atoms with E-state index in [1.807, 2.05) is 6.92 Å². The van der Waals surface area contributed by atoms with E-state index in [1.165, 1.54) is 0 Å². The molecule has 1 heterocycles. The van der Waals surface area contributed by atoms with Gasteiger partial charge in [0.2, 0.25) is 0 Å². The second kappa shape index (κ2) is 6.37. The molecule has 0 aliphatic carbocycles. The van der Waals surface area contributed by atoms with E-state index in [-0.39, 0.29) is 6.10 Å². The molecule has 72 valence electrons. The molecule has 0 radical (unpaired) electrons. The second-order valence-electron chi connectivity index (χ2n) is 2.55. The summed E-state index contributed by atoms with van der Waals surface area (Å²) in [4.78, 5) is 0. The Bertz CT molecular complexity index is 101. The average molecular weight is 176 g/mol. The lowest BCUT2D eigenvalue weighted by atomic mass is 10.4. The minimum absolute atomic E-state index is 0.117. The van der Waals surface area contributed by atoms with Crippen molar-refractivity contribution in [2.45, 2.75) is 13.0 Å². The smallest absolute Gasteiger partial charge is 0.147 e. The van der Waals surface area contributed by atoms with Gasteiger partial charge in [-0.2, -0.15) is 0 Å². The van der Waals surface area contributed by atoms with E-state index in [0.717, 1.165) is 6.61 Å². The molecule has 0 bridgehead atoms. The van der Waals surface area contributed by atoms with Crippen LogP contribution in [-0.4, -0.2) is 45.9 Å². The molecule has 4 heteroatoms. The van der Waals surface area contributed by atoms with Crippen LogP contribution in [0.2, 0.25) is 0 Å². The maximum absolute atomic E-state index is 5.29. The molecule has 1 saturated heterocycles. The normalized spacial score (nSPS) is 23.2. The number of hydrogen-bond donors (Lipinski definition) is 0. The van der Waals surface area contributed by atoms with Gasteiger partial charge in [0.05, 0.1) is 26.4 Å². The standard InChI is InChI=1S/C8H16O4/c1-2-9-3-4-10-5-8-6-11-7-12-8/h8H,2-7H2,1H3. The average Bonchev–Trinajstić information content (AvgIpc) is 2.57. The Kier molecular flexibility index (Phi) is 5.27. The second-order valence-corrected chi connectivity index (χ2v) is 2.55. The molecular weight excluding hydrogens is 160 g/mol. The summed E-state index contributed by atoms with van der Waals surface area (Å²) < 4.78 is 20.6. The van der Waals surface area contributed by atoms with Crippen LogP contribution in [0.4, 0.5) is 0 Å². The van der Waals surface area contributed by atoms with Gasteiger partial charge in [-0.1, -0.05) is 0 Å². The molecule has 0 aromatic carbocycles. The third-order valence-corrected chi connectivity index (χ3v) is 1.57. The Morgan fingerprint density at radius 2 is 2.17 bits per heavy atom. The van der Waals surface area contributed by atoms with Crippen molar-refractivity contribution in [3.8, 4) is 0 Å². The highest BCUT2D eigenvalue weighted by molar-refractivity contribution is 4.57. The van der Waals surface area contributed by atoms with E-state index in [1.54, 1.807) is 0 Å². The third-order valence-electron chi connectivity index (χ3n) is 1.57. The molecule has 12 heavy (non-hydrogen) atoms. The predicted octanol–water partition coefficient (Wildman–Crippen LogP) is 0.412. The molecule has 1 unspecified atom stereocenters. The van der Waals surface area contributed by atoms with Crippen LogP contribution in [-0.2, 0) is 18.9 Å². The highest BCUT2D eigenvalue weighted by atomic mass is 16.7. The molecule has 0 N–H and O–H groups in total. The number of ether oxygens (including phenoxy) is 4. The Balaban J connectivity index is 1.81. The minimum Gasteiger partial charge on any atom is -0.379 e. The zero-order valence-corrected chi connectivity index (χ0v) is 7.45. The molecule has 1 rings (SSSR count). The molecule has 1 fully saturated rings. The van der Waals surface area contributed by atoms with E-state index in [4.69, 9.17) is 18.9 Å². The largest absolute Gasteiger partial charge is 0.379 e. The number of hydrogen-bond acceptors (Lipinski definition) is 4. The zero-order chi connectivity index (χ0) is 8.65. The summed E-state index contributed by atoms with van der Waals surface area (Å²) in [6.45, 7) is 5.65. The molecule has 0 aromatic heterocycles.